The lowest BCUT2D eigenvalue weighted by molar-refractivity contribution is -0.126. The van der Waals surface area contributed by atoms with Crippen LogP contribution in [0.15, 0.2) is 0 Å². The Kier molecular flexibility index (Phi) is 5.12. The first-order valence-electron chi connectivity index (χ1n) is 6.04. The van der Waals surface area contributed by atoms with E-state index in [0.717, 1.165) is 25.5 Å². The highest BCUT2D eigenvalue weighted by atomic mass is 32.2. The van der Waals surface area contributed by atoms with Crippen LogP contribution in [0.4, 0.5) is 0 Å². The molecule has 106 valence electrons. The van der Waals surface area contributed by atoms with E-state index in [1.54, 1.807) is 7.11 Å². The van der Waals surface area contributed by atoms with E-state index in [1.807, 2.05) is 0 Å². The fourth-order valence-corrected chi connectivity index (χ4v) is 2.56. The molecule has 0 spiro atoms. The number of nitrogens with two attached hydrogens (primary N) is 1. The Morgan fingerprint density at radius 1 is 1.50 bits per heavy atom. The largest absolute Gasteiger partial charge is 0.376 e. The highest BCUT2D eigenvalue weighted by Gasteiger charge is 2.37. The maximum absolute atomic E-state index is 11.7. The van der Waals surface area contributed by atoms with Gasteiger partial charge in [0.2, 0.25) is 5.91 Å². The van der Waals surface area contributed by atoms with E-state index in [9.17, 15) is 13.2 Å². The number of nitrogens with one attached hydrogen (secondary N) is 1. The second-order valence-corrected chi connectivity index (χ2v) is 7.24. The van der Waals surface area contributed by atoms with Crippen molar-refractivity contribution in [3.05, 3.63) is 0 Å². The molecule has 1 unspecified atom stereocenters. The summed E-state index contributed by atoms with van der Waals surface area (Å²) in [5.74, 6) is -0.390. The summed E-state index contributed by atoms with van der Waals surface area (Å²) >= 11 is 0. The first-order valence-corrected chi connectivity index (χ1v) is 8.10. The number of methoxy groups -OCH3 is 1. The average molecular weight is 278 g/mol. The molecule has 0 aliphatic heterocycles. The SMILES string of the molecule is COC1(CNC(=O)C(N)CCS(C)(=O)=O)CCC1. The van der Waals surface area contributed by atoms with Crippen LogP contribution in [0.2, 0.25) is 0 Å². The third-order valence-corrected chi connectivity index (χ3v) is 4.40. The third kappa shape index (κ3) is 4.55. The third-order valence-electron chi connectivity index (χ3n) is 3.42. The van der Waals surface area contributed by atoms with Crippen molar-refractivity contribution in [2.24, 2.45) is 5.73 Å². The minimum atomic E-state index is -3.08. The Morgan fingerprint density at radius 2 is 2.11 bits per heavy atom. The lowest BCUT2D eigenvalue weighted by Crippen LogP contribution is -2.52. The van der Waals surface area contributed by atoms with Gasteiger partial charge in [-0.25, -0.2) is 8.42 Å². The lowest BCUT2D eigenvalue weighted by atomic mass is 9.80. The minimum Gasteiger partial charge on any atom is -0.376 e. The lowest BCUT2D eigenvalue weighted by Gasteiger charge is -2.40. The van der Waals surface area contributed by atoms with Crippen LogP contribution < -0.4 is 11.1 Å². The van der Waals surface area contributed by atoms with Crippen LogP contribution in [-0.2, 0) is 19.4 Å². The van der Waals surface area contributed by atoms with Crippen LogP contribution in [0.25, 0.3) is 0 Å². The number of amides is 1. The normalized spacial score (nSPS) is 19.9. The molecular formula is C11H22N2O4S. The van der Waals surface area contributed by atoms with Crippen molar-refractivity contribution in [2.45, 2.75) is 37.3 Å². The minimum absolute atomic E-state index is 0.0724. The van der Waals surface area contributed by atoms with E-state index in [0.29, 0.717) is 6.54 Å². The molecular weight excluding hydrogens is 256 g/mol. The first kappa shape index (κ1) is 15.4. The van der Waals surface area contributed by atoms with Gasteiger partial charge in [-0.05, 0) is 25.7 Å². The molecule has 1 aliphatic carbocycles. The molecule has 1 rings (SSSR count). The number of hydrogen-bond acceptors (Lipinski definition) is 5. The van der Waals surface area contributed by atoms with Gasteiger partial charge in [-0.2, -0.15) is 0 Å². The van der Waals surface area contributed by atoms with Crippen LogP contribution in [0.5, 0.6) is 0 Å². The predicted molar refractivity (Wildman–Crippen MR) is 68.9 cm³/mol. The maximum Gasteiger partial charge on any atom is 0.237 e. The zero-order chi connectivity index (χ0) is 13.8. The fraction of sp³-hybridized carbons (Fsp3) is 0.909. The van der Waals surface area contributed by atoms with Gasteiger partial charge in [0.25, 0.3) is 0 Å². The van der Waals surface area contributed by atoms with Gasteiger partial charge in [-0.1, -0.05) is 0 Å². The van der Waals surface area contributed by atoms with Gasteiger partial charge in [-0.15, -0.1) is 0 Å². The van der Waals surface area contributed by atoms with Gasteiger partial charge < -0.3 is 15.8 Å². The number of carbonyl (C=O) groups is 1. The Balaban J connectivity index is 2.31. The summed E-state index contributed by atoms with van der Waals surface area (Å²) in [6, 6.07) is -0.784. The second-order valence-electron chi connectivity index (χ2n) is 4.98. The maximum atomic E-state index is 11.7. The number of carbonyl (C=O) groups excluding carboxylic acids is 1. The topological polar surface area (TPSA) is 98.5 Å². The van der Waals surface area contributed by atoms with E-state index in [4.69, 9.17) is 10.5 Å². The monoisotopic (exact) mass is 278 g/mol. The van der Waals surface area contributed by atoms with Crippen molar-refractivity contribution in [1.82, 2.24) is 5.32 Å². The zero-order valence-electron chi connectivity index (χ0n) is 10.9. The molecule has 6 nitrogen and oxygen atoms in total. The van der Waals surface area contributed by atoms with Crippen LogP contribution in [0.3, 0.4) is 0 Å². The molecule has 0 bridgehead atoms. The van der Waals surface area contributed by atoms with Crippen molar-refractivity contribution in [2.75, 3.05) is 25.7 Å². The summed E-state index contributed by atoms with van der Waals surface area (Å²) in [6.45, 7) is 0.439. The standard InChI is InChI=1S/C11H22N2O4S/c1-17-11(5-3-6-11)8-13-10(14)9(12)4-7-18(2,15)16/h9H,3-8,12H2,1-2H3,(H,13,14). The molecule has 0 aromatic heterocycles. The number of sulfone groups is 1. The van der Waals surface area contributed by atoms with E-state index in [1.165, 1.54) is 0 Å². The molecule has 7 heteroatoms. The summed E-state index contributed by atoms with van der Waals surface area (Å²) in [7, 11) is -1.45. The van der Waals surface area contributed by atoms with Crippen LogP contribution in [0, 0.1) is 0 Å². The quantitative estimate of drug-likeness (QED) is 0.650. The number of ether oxygens (including phenoxy) is 1. The van der Waals surface area contributed by atoms with Crippen LogP contribution >= 0.6 is 0 Å². The summed E-state index contributed by atoms with van der Waals surface area (Å²) in [6.07, 6.45) is 4.24. The Morgan fingerprint density at radius 3 is 2.50 bits per heavy atom. The Hall–Kier alpha value is -0.660. The van der Waals surface area contributed by atoms with Gasteiger partial charge in [-0.3, -0.25) is 4.79 Å². The van der Waals surface area contributed by atoms with Crippen LogP contribution in [0.1, 0.15) is 25.7 Å². The van der Waals surface area contributed by atoms with E-state index < -0.39 is 15.9 Å². The molecule has 1 fully saturated rings. The molecule has 0 aromatic carbocycles. The molecule has 1 atom stereocenters. The summed E-state index contributed by atoms with van der Waals surface area (Å²) in [5.41, 5.74) is 5.39. The van der Waals surface area contributed by atoms with Gasteiger partial charge >= 0.3 is 0 Å². The highest BCUT2D eigenvalue weighted by Crippen LogP contribution is 2.34. The van der Waals surface area contributed by atoms with Gasteiger partial charge in [0.1, 0.15) is 9.84 Å². The molecule has 1 saturated carbocycles. The molecule has 0 radical (unpaired) electrons. The Labute approximate surface area is 108 Å². The van der Waals surface area contributed by atoms with Crippen molar-refractivity contribution >= 4 is 15.7 Å². The van der Waals surface area contributed by atoms with Gasteiger partial charge in [0.05, 0.1) is 17.4 Å². The second kappa shape index (κ2) is 5.99. The molecule has 1 aliphatic rings. The molecule has 1 amide bonds. The van der Waals surface area contributed by atoms with Gasteiger partial charge in [0, 0.05) is 19.9 Å². The van der Waals surface area contributed by atoms with E-state index >= 15 is 0 Å². The summed E-state index contributed by atoms with van der Waals surface area (Å²) in [4.78, 5) is 11.7. The molecule has 0 saturated heterocycles. The first-order chi connectivity index (χ1) is 8.28. The van der Waals surface area contributed by atoms with Crippen molar-refractivity contribution < 1.29 is 17.9 Å². The molecule has 3 N–H and O–H groups in total. The van der Waals surface area contributed by atoms with Crippen molar-refractivity contribution in [1.29, 1.82) is 0 Å². The average Bonchev–Trinajstić information content (AvgIpc) is 2.23. The summed E-state index contributed by atoms with van der Waals surface area (Å²) < 4.78 is 27.3. The summed E-state index contributed by atoms with van der Waals surface area (Å²) in [5, 5.41) is 2.73. The van der Waals surface area contributed by atoms with Crippen molar-refractivity contribution in [3.8, 4) is 0 Å². The molecule has 18 heavy (non-hydrogen) atoms. The van der Waals surface area contributed by atoms with E-state index in [-0.39, 0.29) is 23.7 Å². The number of rotatable bonds is 7. The molecule has 0 aromatic rings. The zero-order valence-corrected chi connectivity index (χ0v) is 11.8. The van der Waals surface area contributed by atoms with Gasteiger partial charge in [0.15, 0.2) is 0 Å². The number of hydrogen-bond donors (Lipinski definition) is 2. The fourth-order valence-electron chi connectivity index (χ4n) is 1.88. The van der Waals surface area contributed by atoms with Crippen molar-refractivity contribution in [3.63, 3.8) is 0 Å². The predicted octanol–water partition coefficient (Wildman–Crippen LogP) is -0.566. The van der Waals surface area contributed by atoms with E-state index in [2.05, 4.69) is 5.32 Å². The smallest absolute Gasteiger partial charge is 0.237 e. The van der Waals surface area contributed by atoms with Crippen LogP contribution in [-0.4, -0.2) is 51.6 Å². The highest BCUT2D eigenvalue weighted by molar-refractivity contribution is 7.90. The molecule has 0 heterocycles. The Bertz CT molecular complexity index is 384.